The van der Waals surface area contributed by atoms with Crippen molar-refractivity contribution >= 4 is 11.7 Å². The van der Waals surface area contributed by atoms with Crippen molar-refractivity contribution in [1.82, 2.24) is 0 Å². The Hall–Kier alpha value is -1.78. The van der Waals surface area contributed by atoms with Gasteiger partial charge in [0.05, 0.1) is 13.7 Å². The highest BCUT2D eigenvalue weighted by Crippen LogP contribution is 2.22. The van der Waals surface area contributed by atoms with Gasteiger partial charge in [0.2, 0.25) is 0 Å². The standard InChI is InChI=1S/C12H16FNO3/c1-4-17-12(15)8-14(2)9-5-6-11(16-3)10(13)7-9/h5-7H,4,8H2,1-3H3. The molecular formula is C12H16FNO3. The number of esters is 1. The summed E-state index contributed by atoms with van der Waals surface area (Å²) in [5.74, 6) is -0.620. The molecule has 0 aliphatic carbocycles. The highest BCUT2D eigenvalue weighted by molar-refractivity contribution is 5.75. The van der Waals surface area contributed by atoms with Gasteiger partial charge >= 0.3 is 5.97 Å². The summed E-state index contributed by atoms with van der Waals surface area (Å²) in [6.45, 7) is 2.16. The van der Waals surface area contributed by atoms with Crippen LogP contribution in [0.2, 0.25) is 0 Å². The zero-order valence-electron chi connectivity index (χ0n) is 10.2. The van der Waals surface area contributed by atoms with Gasteiger partial charge in [0.15, 0.2) is 11.6 Å². The predicted octanol–water partition coefficient (Wildman–Crippen LogP) is 1.83. The van der Waals surface area contributed by atoms with Crippen molar-refractivity contribution in [2.24, 2.45) is 0 Å². The lowest BCUT2D eigenvalue weighted by Crippen LogP contribution is -2.27. The highest BCUT2D eigenvalue weighted by atomic mass is 19.1. The van der Waals surface area contributed by atoms with Gasteiger partial charge in [-0.25, -0.2) is 4.39 Å². The van der Waals surface area contributed by atoms with Crippen LogP contribution in [0.5, 0.6) is 5.75 Å². The minimum atomic E-state index is -0.458. The van der Waals surface area contributed by atoms with E-state index in [1.165, 1.54) is 19.2 Å². The van der Waals surface area contributed by atoms with Crippen molar-refractivity contribution in [1.29, 1.82) is 0 Å². The maximum absolute atomic E-state index is 13.4. The van der Waals surface area contributed by atoms with E-state index in [1.807, 2.05) is 0 Å². The van der Waals surface area contributed by atoms with Gasteiger partial charge in [0, 0.05) is 18.8 Å². The largest absolute Gasteiger partial charge is 0.494 e. The zero-order chi connectivity index (χ0) is 12.8. The summed E-state index contributed by atoms with van der Waals surface area (Å²) in [6.07, 6.45) is 0. The van der Waals surface area contributed by atoms with E-state index in [-0.39, 0.29) is 18.3 Å². The van der Waals surface area contributed by atoms with Crippen LogP contribution in [0.1, 0.15) is 6.92 Å². The smallest absolute Gasteiger partial charge is 0.325 e. The van der Waals surface area contributed by atoms with Gasteiger partial charge in [-0.2, -0.15) is 0 Å². The van der Waals surface area contributed by atoms with E-state index in [2.05, 4.69) is 0 Å². The number of ether oxygens (including phenoxy) is 2. The number of hydrogen-bond acceptors (Lipinski definition) is 4. The molecule has 0 aliphatic heterocycles. The van der Waals surface area contributed by atoms with Gasteiger partial charge in [-0.3, -0.25) is 4.79 Å². The Morgan fingerprint density at radius 1 is 1.47 bits per heavy atom. The Bertz CT molecular complexity index is 395. The molecule has 4 nitrogen and oxygen atoms in total. The van der Waals surface area contributed by atoms with Crippen LogP contribution in [0, 0.1) is 5.82 Å². The molecule has 0 heterocycles. The lowest BCUT2D eigenvalue weighted by atomic mass is 10.2. The van der Waals surface area contributed by atoms with Crippen LogP contribution >= 0.6 is 0 Å². The van der Waals surface area contributed by atoms with Crippen molar-refractivity contribution in [3.8, 4) is 5.75 Å². The predicted molar refractivity (Wildman–Crippen MR) is 62.9 cm³/mol. The van der Waals surface area contributed by atoms with Gasteiger partial charge in [0.25, 0.3) is 0 Å². The van der Waals surface area contributed by atoms with Crippen LogP contribution in [0.4, 0.5) is 10.1 Å². The molecule has 94 valence electrons. The van der Waals surface area contributed by atoms with Gasteiger partial charge < -0.3 is 14.4 Å². The molecule has 0 atom stereocenters. The van der Waals surface area contributed by atoms with Crippen LogP contribution in [0.3, 0.4) is 0 Å². The molecule has 0 amide bonds. The second-order valence-electron chi connectivity index (χ2n) is 3.48. The number of anilines is 1. The van der Waals surface area contributed by atoms with E-state index in [0.717, 1.165) is 0 Å². The van der Waals surface area contributed by atoms with Crippen molar-refractivity contribution in [2.75, 3.05) is 32.2 Å². The SMILES string of the molecule is CCOC(=O)CN(C)c1ccc(OC)c(F)c1. The van der Waals surface area contributed by atoms with Gasteiger partial charge in [-0.05, 0) is 19.1 Å². The lowest BCUT2D eigenvalue weighted by molar-refractivity contribution is -0.141. The molecule has 0 N–H and O–H groups in total. The zero-order valence-corrected chi connectivity index (χ0v) is 10.2. The van der Waals surface area contributed by atoms with E-state index >= 15 is 0 Å². The van der Waals surface area contributed by atoms with Crippen molar-refractivity contribution in [3.05, 3.63) is 24.0 Å². The van der Waals surface area contributed by atoms with E-state index in [0.29, 0.717) is 12.3 Å². The number of benzene rings is 1. The molecule has 1 aromatic carbocycles. The molecule has 0 radical (unpaired) electrons. The summed E-state index contributed by atoms with van der Waals surface area (Å²) in [7, 11) is 3.10. The minimum Gasteiger partial charge on any atom is -0.494 e. The van der Waals surface area contributed by atoms with Gasteiger partial charge in [-0.15, -0.1) is 0 Å². The second-order valence-corrected chi connectivity index (χ2v) is 3.48. The van der Waals surface area contributed by atoms with Crippen LogP contribution < -0.4 is 9.64 Å². The van der Waals surface area contributed by atoms with Crippen LogP contribution in [-0.2, 0) is 9.53 Å². The fourth-order valence-corrected chi connectivity index (χ4v) is 1.38. The topological polar surface area (TPSA) is 38.8 Å². The number of methoxy groups -OCH3 is 1. The Morgan fingerprint density at radius 3 is 2.71 bits per heavy atom. The van der Waals surface area contributed by atoms with Gasteiger partial charge in [0.1, 0.15) is 6.54 Å². The molecule has 17 heavy (non-hydrogen) atoms. The lowest BCUT2D eigenvalue weighted by Gasteiger charge is -2.18. The molecule has 1 rings (SSSR count). The Labute approximate surface area is 99.9 Å². The Morgan fingerprint density at radius 2 is 2.18 bits per heavy atom. The number of halogens is 1. The first kappa shape index (κ1) is 13.3. The van der Waals surface area contributed by atoms with Crippen LogP contribution in [0.15, 0.2) is 18.2 Å². The quantitative estimate of drug-likeness (QED) is 0.737. The second kappa shape index (κ2) is 6.08. The summed E-state index contributed by atoms with van der Waals surface area (Å²) in [5.41, 5.74) is 0.594. The van der Waals surface area contributed by atoms with E-state index in [1.54, 1.807) is 24.9 Å². The first-order valence-corrected chi connectivity index (χ1v) is 5.28. The van der Waals surface area contributed by atoms with Crippen molar-refractivity contribution in [2.45, 2.75) is 6.92 Å². The summed E-state index contributed by atoms with van der Waals surface area (Å²) in [4.78, 5) is 12.9. The third-order valence-corrected chi connectivity index (χ3v) is 2.25. The molecule has 0 saturated heterocycles. The first-order valence-electron chi connectivity index (χ1n) is 5.28. The van der Waals surface area contributed by atoms with Crippen LogP contribution in [0.25, 0.3) is 0 Å². The van der Waals surface area contributed by atoms with Crippen molar-refractivity contribution < 1.29 is 18.7 Å². The molecule has 0 spiro atoms. The Kier molecular flexibility index (Phi) is 4.75. The van der Waals surface area contributed by atoms with E-state index in [4.69, 9.17) is 9.47 Å². The van der Waals surface area contributed by atoms with Crippen LogP contribution in [-0.4, -0.2) is 33.3 Å². The molecule has 0 saturated carbocycles. The molecule has 1 aromatic rings. The average molecular weight is 241 g/mol. The Balaban J connectivity index is 2.72. The summed E-state index contributed by atoms with van der Waals surface area (Å²) < 4.78 is 23.1. The number of carbonyl (C=O) groups is 1. The number of likely N-dealkylation sites (N-methyl/N-ethyl adjacent to an activating group) is 1. The maximum atomic E-state index is 13.4. The monoisotopic (exact) mass is 241 g/mol. The highest BCUT2D eigenvalue weighted by Gasteiger charge is 2.10. The number of nitrogens with zero attached hydrogens (tertiary/aromatic N) is 1. The molecule has 0 unspecified atom stereocenters. The summed E-state index contributed by atoms with van der Waals surface area (Å²) in [6, 6.07) is 4.52. The molecule has 0 aliphatic rings. The third-order valence-electron chi connectivity index (χ3n) is 2.25. The molecular weight excluding hydrogens is 225 g/mol. The van der Waals surface area contributed by atoms with Gasteiger partial charge in [-0.1, -0.05) is 0 Å². The number of rotatable bonds is 5. The van der Waals surface area contributed by atoms with E-state index in [9.17, 15) is 9.18 Å². The number of hydrogen-bond donors (Lipinski definition) is 0. The fraction of sp³-hybridized carbons (Fsp3) is 0.417. The normalized spacial score (nSPS) is 9.88. The molecule has 0 bridgehead atoms. The van der Waals surface area contributed by atoms with E-state index < -0.39 is 5.82 Å². The average Bonchev–Trinajstić information content (AvgIpc) is 2.29. The number of carbonyl (C=O) groups excluding carboxylic acids is 1. The van der Waals surface area contributed by atoms with Crippen molar-refractivity contribution in [3.63, 3.8) is 0 Å². The molecule has 5 heteroatoms. The first-order chi connectivity index (χ1) is 8.08. The summed E-state index contributed by atoms with van der Waals surface area (Å²) in [5, 5.41) is 0. The fourth-order valence-electron chi connectivity index (χ4n) is 1.38. The molecule has 0 aromatic heterocycles. The maximum Gasteiger partial charge on any atom is 0.325 e. The third kappa shape index (κ3) is 3.62. The summed E-state index contributed by atoms with van der Waals surface area (Å²) >= 11 is 0. The molecule has 0 fully saturated rings. The minimum absolute atomic E-state index is 0.0829.